The third-order valence-corrected chi connectivity index (χ3v) is 3.87. The zero-order valence-electron chi connectivity index (χ0n) is 13.3. The molecule has 2 N–H and O–H groups in total. The van der Waals surface area contributed by atoms with Crippen LogP contribution < -0.4 is 16.0 Å². The van der Waals surface area contributed by atoms with Gasteiger partial charge in [-0.3, -0.25) is 9.36 Å². The maximum absolute atomic E-state index is 12.8. The first-order chi connectivity index (χ1) is 11.0. The monoisotopic (exact) mass is 310 g/mol. The lowest BCUT2D eigenvalue weighted by atomic mass is 10.0. The number of ether oxygens (including phenoxy) is 1. The molecule has 0 aliphatic carbocycles. The molecule has 0 bridgehead atoms. The Morgan fingerprint density at radius 1 is 1.22 bits per heavy atom. The summed E-state index contributed by atoms with van der Waals surface area (Å²) in [5, 5.41) is 0.825. The maximum atomic E-state index is 12.8. The molecule has 0 saturated heterocycles. The normalized spacial score (nSPS) is 10.9. The SMILES string of the molecule is CCn1c(=O)c(-c2ccc(OC)cc2)cc2c(C)nc(N)nc21. The molecule has 118 valence electrons. The summed E-state index contributed by atoms with van der Waals surface area (Å²) < 4.78 is 6.79. The Morgan fingerprint density at radius 3 is 2.52 bits per heavy atom. The van der Waals surface area contributed by atoms with Crippen LogP contribution in [0.25, 0.3) is 22.2 Å². The van der Waals surface area contributed by atoms with Crippen LogP contribution >= 0.6 is 0 Å². The van der Waals surface area contributed by atoms with Crippen molar-refractivity contribution in [2.24, 2.45) is 0 Å². The molecular weight excluding hydrogens is 292 g/mol. The highest BCUT2D eigenvalue weighted by Gasteiger charge is 2.14. The van der Waals surface area contributed by atoms with Gasteiger partial charge in [-0.2, -0.15) is 4.98 Å². The van der Waals surface area contributed by atoms with Gasteiger partial charge in [0.05, 0.1) is 12.8 Å². The van der Waals surface area contributed by atoms with Crippen molar-refractivity contribution in [1.29, 1.82) is 0 Å². The van der Waals surface area contributed by atoms with Gasteiger partial charge in [-0.05, 0) is 37.6 Å². The van der Waals surface area contributed by atoms with E-state index in [1.54, 1.807) is 11.7 Å². The molecule has 0 saturated carbocycles. The molecule has 0 fully saturated rings. The Morgan fingerprint density at radius 2 is 1.91 bits per heavy atom. The minimum atomic E-state index is -0.0948. The van der Waals surface area contributed by atoms with Crippen molar-refractivity contribution < 1.29 is 4.74 Å². The van der Waals surface area contributed by atoms with Crippen LogP contribution in [0, 0.1) is 6.92 Å². The van der Waals surface area contributed by atoms with Crippen LogP contribution in [0.1, 0.15) is 12.6 Å². The van der Waals surface area contributed by atoms with E-state index in [0.29, 0.717) is 17.8 Å². The molecule has 0 aliphatic rings. The molecule has 0 atom stereocenters. The van der Waals surface area contributed by atoms with Crippen molar-refractivity contribution in [3.63, 3.8) is 0 Å². The lowest BCUT2D eigenvalue weighted by molar-refractivity contribution is 0.415. The topological polar surface area (TPSA) is 83.0 Å². The molecule has 0 amide bonds. The summed E-state index contributed by atoms with van der Waals surface area (Å²) in [6.45, 7) is 4.28. The highest BCUT2D eigenvalue weighted by atomic mass is 16.5. The molecule has 23 heavy (non-hydrogen) atoms. The largest absolute Gasteiger partial charge is 0.497 e. The minimum absolute atomic E-state index is 0.0948. The second-order valence-electron chi connectivity index (χ2n) is 5.24. The first kappa shape index (κ1) is 15.0. The number of nitrogens with two attached hydrogens (primary N) is 1. The summed E-state index contributed by atoms with van der Waals surface area (Å²) in [6.07, 6.45) is 0. The molecule has 0 radical (unpaired) electrons. The van der Waals surface area contributed by atoms with Crippen LogP contribution in [0.15, 0.2) is 35.1 Å². The maximum Gasteiger partial charge on any atom is 0.260 e. The summed E-state index contributed by atoms with van der Waals surface area (Å²) in [4.78, 5) is 21.3. The van der Waals surface area contributed by atoms with Crippen molar-refractivity contribution in [3.05, 3.63) is 46.4 Å². The van der Waals surface area contributed by atoms with Crippen LogP contribution in [-0.4, -0.2) is 21.6 Å². The summed E-state index contributed by atoms with van der Waals surface area (Å²) in [5.74, 6) is 0.923. The number of pyridine rings is 1. The Labute approximate surface area is 133 Å². The van der Waals surface area contributed by atoms with Crippen LogP contribution in [-0.2, 0) is 6.54 Å². The van der Waals surface area contributed by atoms with Gasteiger partial charge < -0.3 is 10.5 Å². The van der Waals surface area contributed by atoms with Gasteiger partial charge in [0.1, 0.15) is 11.4 Å². The first-order valence-electron chi connectivity index (χ1n) is 7.37. The minimum Gasteiger partial charge on any atom is -0.497 e. The fourth-order valence-electron chi connectivity index (χ4n) is 2.68. The molecule has 6 nitrogen and oxygen atoms in total. The average Bonchev–Trinajstić information content (AvgIpc) is 2.54. The summed E-state index contributed by atoms with van der Waals surface area (Å²) >= 11 is 0. The fourth-order valence-corrected chi connectivity index (χ4v) is 2.68. The second kappa shape index (κ2) is 5.72. The zero-order valence-corrected chi connectivity index (χ0v) is 13.3. The van der Waals surface area contributed by atoms with E-state index in [9.17, 15) is 4.79 Å². The third kappa shape index (κ3) is 2.52. The lowest BCUT2D eigenvalue weighted by Crippen LogP contribution is -2.23. The Bertz CT molecular complexity index is 930. The molecule has 3 rings (SSSR count). The van der Waals surface area contributed by atoms with Crippen LogP contribution in [0.5, 0.6) is 5.75 Å². The highest BCUT2D eigenvalue weighted by molar-refractivity contribution is 5.84. The van der Waals surface area contributed by atoms with Crippen LogP contribution in [0.3, 0.4) is 0 Å². The molecule has 3 aromatic rings. The summed E-state index contributed by atoms with van der Waals surface area (Å²) in [6, 6.07) is 9.24. The Balaban J connectivity index is 2.33. The highest BCUT2D eigenvalue weighted by Crippen LogP contribution is 2.24. The van der Waals surface area contributed by atoms with Crippen LogP contribution in [0.2, 0.25) is 0 Å². The molecule has 6 heteroatoms. The fraction of sp³-hybridized carbons (Fsp3) is 0.235. The molecule has 2 aromatic heterocycles. The van der Waals surface area contributed by atoms with E-state index in [-0.39, 0.29) is 11.5 Å². The number of hydrogen-bond acceptors (Lipinski definition) is 5. The van der Waals surface area contributed by atoms with Gasteiger partial charge in [-0.15, -0.1) is 0 Å². The van der Waals surface area contributed by atoms with Gasteiger partial charge in [0, 0.05) is 17.5 Å². The van der Waals surface area contributed by atoms with Crippen molar-refractivity contribution in [3.8, 4) is 16.9 Å². The standard InChI is InChI=1S/C17H18N4O2/c1-4-21-15-13(10(2)19-17(18)20-15)9-14(16(21)22)11-5-7-12(23-3)8-6-11/h5-9H,4H2,1-3H3,(H2,18,19,20). The van der Waals surface area contributed by atoms with E-state index < -0.39 is 0 Å². The predicted octanol–water partition coefficient (Wildman–Crippen LogP) is 2.38. The smallest absolute Gasteiger partial charge is 0.260 e. The number of anilines is 1. The number of aromatic nitrogens is 3. The van der Waals surface area contributed by atoms with Crippen molar-refractivity contribution >= 4 is 17.0 Å². The number of benzene rings is 1. The van der Waals surface area contributed by atoms with Gasteiger partial charge in [0.25, 0.3) is 5.56 Å². The van der Waals surface area contributed by atoms with Gasteiger partial charge in [-0.25, -0.2) is 4.98 Å². The Hall–Kier alpha value is -2.89. The second-order valence-corrected chi connectivity index (χ2v) is 5.24. The van der Waals surface area contributed by atoms with E-state index in [1.807, 2.05) is 44.2 Å². The predicted molar refractivity (Wildman–Crippen MR) is 90.6 cm³/mol. The first-order valence-corrected chi connectivity index (χ1v) is 7.37. The zero-order chi connectivity index (χ0) is 16.6. The molecule has 1 aromatic carbocycles. The Kier molecular flexibility index (Phi) is 3.73. The van der Waals surface area contributed by atoms with Gasteiger partial charge in [0.15, 0.2) is 0 Å². The van der Waals surface area contributed by atoms with Gasteiger partial charge in [0.2, 0.25) is 5.95 Å². The number of nitrogens with zero attached hydrogens (tertiary/aromatic N) is 3. The number of fused-ring (bicyclic) bond motifs is 1. The van der Waals surface area contributed by atoms with E-state index in [4.69, 9.17) is 10.5 Å². The van der Waals surface area contributed by atoms with Crippen molar-refractivity contribution in [2.75, 3.05) is 12.8 Å². The lowest BCUT2D eigenvalue weighted by Gasteiger charge is -2.12. The number of nitrogen functional groups attached to an aromatic ring is 1. The van der Waals surface area contributed by atoms with E-state index in [0.717, 1.165) is 22.4 Å². The number of hydrogen-bond donors (Lipinski definition) is 1. The number of rotatable bonds is 3. The van der Waals surface area contributed by atoms with E-state index in [1.165, 1.54) is 0 Å². The van der Waals surface area contributed by atoms with Crippen molar-refractivity contribution in [2.45, 2.75) is 20.4 Å². The number of methoxy groups -OCH3 is 1. The summed E-state index contributed by atoms with van der Waals surface area (Å²) in [7, 11) is 1.61. The molecule has 0 unspecified atom stereocenters. The average molecular weight is 310 g/mol. The number of aryl methyl sites for hydroxylation is 2. The third-order valence-electron chi connectivity index (χ3n) is 3.87. The van der Waals surface area contributed by atoms with E-state index >= 15 is 0 Å². The van der Waals surface area contributed by atoms with Gasteiger partial charge >= 0.3 is 0 Å². The van der Waals surface area contributed by atoms with Gasteiger partial charge in [-0.1, -0.05) is 12.1 Å². The molecule has 0 aliphatic heterocycles. The van der Waals surface area contributed by atoms with E-state index in [2.05, 4.69) is 9.97 Å². The quantitative estimate of drug-likeness (QED) is 0.803. The molecule has 0 spiro atoms. The molecular formula is C17H18N4O2. The van der Waals surface area contributed by atoms with Crippen molar-refractivity contribution in [1.82, 2.24) is 14.5 Å². The summed E-state index contributed by atoms with van der Waals surface area (Å²) in [5.41, 5.74) is 8.40. The molecule has 2 heterocycles. The van der Waals surface area contributed by atoms with Crippen LogP contribution in [0.4, 0.5) is 5.95 Å².